The number of anilines is 1. The van der Waals surface area contributed by atoms with Crippen LogP contribution in [0.5, 0.6) is 0 Å². The number of hydrogen-bond donors (Lipinski definition) is 0. The Hall–Kier alpha value is -1.36. The molecular formula is C10H16N2O3. The zero-order chi connectivity index (χ0) is 11.4. The van der Waals surface area contributed by atoms with Crippen LogP contribution in [-0.4, -0.2) is 18.2 Å². The molecule has 0 aliphatic heterocycles. The summed E-state index contributed by atoms with van der Waals surface area (Å²) in [7, 11) is 1.45. The van der Waals surface area contributed by atoms with Crippen molar-refractivity contribution in [3.63, 3.8) is 0 Å². The largest absolute Gasteiger partial charge is 0.359 e. The monoisotopic (exact) mass is 212 g/mol. The number of aryl methyl sites for hydroxylation is 1. The van der Waals surface area contributed by atoms with Crippen LogP contribution in [0, 0.1) is 12.8 Å². The Labute approximate surface area is 88.9 Å². The second-order valence-electron chi connectivity index (χ2n) is 3.74. The van der Waals surface area contributed by atoms with E-state index >= 15 is 0 Å². The molecule has 0 N–H and O–H groups in total. The molecule has 0 bridgehead atoms. The van der Waals surface area contributed by atoms with Crippen LogP contribution >= 0.6 is 0 Å². The molecule has 0 atom stereocenters. The lowest BCUT2D eigenvalue weighted by molar-refractivity contribution is -0.125. The van der Waals surface area contributed by atoms with Crippen molar-refractivity contribution < 1.29 is 14.2 Å². The maximum atomic E-state index is 11.8. The molecule has 1 amide bonds. The van der Waals surface area contributed by atoms with Gasteiger partial charge in [-0.25, -0.2) is 0 Å². The molecule has 1 aromatic rings. The minimum absolute atomic E-state index is 0.0983. The molecule has 0 saturated carbocycles. The van der Waals surface area contributed by atoms with Gasteiger partial charge in [-0.2, -0.15) is 5.06 Å². The van der Waals surface area contributed by atoms with Crippen molar-refractivity contribution >= 4 is 11.6 Å². The predicted octanol–water partition coefficient (Wildman–Crippen LogP) is 1.92. The summed E-state index contributed by atoms with van der Waals surface area (Å²) in [4.78, 5) is 16.8. The normalized spacial score (nSPS) is 10.7. The topological polar surface area (TPSA) is 55.6 Å². The van der Waals surface area contributed by atoms with Crippen LogP contribution in [0.3, 0.4) is 0 Å². The molecule has 0 unspecified atom stereocenters. The lowest BCUT2D eigenvalue weighted by Gasteiger charge is -2.18. The summed E-state index contributed by atoms with van der Waals surface area (Å²) < 4.78 is 4.88. The van der Waals surface area contributed by atoms with Gasteiger partial charge in [0.1, 0.15) is 5.69 Å². The molecule has 1 heterocycles. The van der Waals surface area contributed by atoms with Gasteiger partial charge in [-0.3, -0.25) is 9.63 Å². The fourth-order valence-electron chi connectivity index (χ4n) is 1.26. The first-order valence-electron chi connectivity index (χ1n) is 4.84. The number of rotatable bonds is 4. The molecule has 5 heteroatoms. The third-order valence-corrected chi connectivity index (χ3v) is 1.94. The van der Waals surface area contributed by atoms with Crippen molar-refractivity contribution in [2.75, 3.05) is 12.2 Å². The van der Waals surface area contributed by atoms with Gasteiger partial charge in [0.15, 0.2) is 5.76 Å². The Morgan fingerprint density at radius 1 is 1.67 bits per heavy atom. The minimum atomic E-state index is -0.0983. The Morgan fingerprint density at radius 2 is 2.33 bits per heavy atom. The SMILES string of the molecule is CON(C(=O)CC(C)C)c1cnoc1C. The number of hydrogen-bond acceptors (Lipinski definition) is 4. The summed E-state index contributed by atoms with van der Waals surface area (Å²) >= 11 is 0. The van der Waals surface area contributed by atoms with Crippen LogP contribution in [-0.2, 0) is 9.63 Å². The van der Waals surface area contributed by atoms with Crippen LogP contribution < -0.4 is 5.06 Å². The first-order chi connectivity index (χ1) is 7.06. The fourth-order valence-corrected chi connectivity index (χ4v) is 1.26. The van der Waals surface area contributed by atoms with E-state index in [0.717, 1.165) is 0 Å². The molecule has 5 nitrogen and oxygen atoms in total. The predicted molar refractivity (Wildman–Crippen MR) is 55.2 cm³/mol. The Bertz CT molecular complexity index is 333. The molecule has 1 aromatic heterocycles. The van der Waals surface area contributed by atoms with Crippen LogP contribution in [0.15, 0.2) is 10.7 Å². The molecule has 0 spiro atoms. The lowest BCUT2D eigenvalue weighted by Crippen LogP contribution is -2.30. The summed E-state index contributed by atoms with van der Waals surface area (Å²) in [6.07, 6.45) is 1.90. The average Bonchev–Trinajstić information content (AvgIpc) is 2.52. The molecular weight excluding hydrogens is 196 g/mol. The van der Waals surface area contributed by atoms with Gasteiger partial charge in [0.25, 0.3) is 5.91 Å². The first-order valence-corrected chi connectivity index (χ1v) is 4.84. The first kappa shape index (κ1) is 11.7. The van der Waals surface area contributed by atoms with Crippen molar-refractivity contribution in [1.82, 2.24) is 5.16 Å². The van der Waals surface area contributed by atoms with Gasteiger partial charge >= 0.3 is 0 Å². The van der Waals surface area contributed by atoms with Crippen LogP contribution in [0.2, 0.25) is 0 Å². The van der Waals surface area contributed by atoms with Gasteiger partial charge in [0.2, 0.25) is 0 Å². The summed E-state index contributed by atoms with van der Waals surface area (Å²) in [5, 5.41) is 4.82. The van der Waals surface area contributed by atoms with Crippen molar-refractivity contribution in [1.29, 1.82) is 0 Å². The van der Waals surface area contributed by atoms with E-state index in [1.807, 2.05) is 13.8 Å². The second kappa shape index (κ2) is 4.93. The number of amides is 1. The van der Waals surface area contributed by atoms with Gasteiger partial charge in [0.05, 0.1) is 13.3 Å². The van der Waals surface area contributed by atoms with Gasteiger partial charge < -0.3 is 4.52 Å². The van der Waals surface area contributed by atoms with E-state index < -0.39 is 0 Å². The van der Waals surface area contributed by atoms with E-state index in [0.29, 0.717) is 17.9 Å². The third kappa shape index (κ3) is 2.79. The second-order valence-corrected chi connectivity index (χ2v) is 3.74. The highest BCUT2D eigenvalue weighted by molar-refractivity contribution is 5.91. The Morgan fingerprint density at radius 3 is 2.73 bits per heavy atom. The summed E-state index contributed by atoms with van der Waals surface area (Å²) in [6.45, 7) is 5.69. The fraction of sp³-hybridized carbons (Fsp3) is 0.600. The van der Waals surface area contributed by atoms with E-state index in [4.69, 9.17) is 9.36 Å². The highest BCUT2D eigenvalue weighted by atomic mass is 16.7. The minimum Gasteiger partial charge on any atom is -0.359 e. The van der Waals surface area contributed by atoms with E-state index in [1.54, 1.807) is 6.92 Å². The quantitative estimate of drug-likeness (QED) is 0.715. The molecule has 0 aliphatic carbocycles. The van der Waals surface area contributed by atoms with E-state index in [2.05, 4.69) is 5.16 Å². The Balaban J connectivity index is 2.80. The van der Waals surface area contributed by atoms with Crippen LogP contribution in [0.25, 0.3) is 0 Å². The Kier molecular flexibility index (Phi) is 3.85. The van der Waals surface area contributed by atoms with E-state index in [-0.39, 0.29) is 11.8 Å². The molecule has 15 heavy (non-hydrogen) atoms. The van der Waals surface area contributed by atoms with Crippen LogP contribution in [0.4, 0.5) is 5.69 Å². The maximum absolute atomic E-state index is 11.8. The smallest absolute Gasteiger partial charge is 0.251 e. The van der Waals surface area contributed by atoms with Gasteiger partial charge in [-0.15, -0.1) is 0 Å². The lowest BCUT2D eigenvalue weighted by atomic mass is 10.1. The van der Waals surface area contributed by atoms with E-state index in [1.165, 1.54) is 18.4 Å². The highest BCUT2D eigenvalue weighted by Gasteiger charge is 2.20. The molecule has 0 aromatic carbocycles. The molecule has 1 rings (SSSR count). The van der Waals surface area contributed by atoms with E-state index in [9.17, 15) is 4.79 Å². The number of carbonyl (C=O) groups is 1. The molecule has 0 fully saturated rings. The number of hydroxylamine groups is 1. The summed E-state index contributed by atoms with van der Waals surface area (Å²) in [5.74, 6) is 0.753. The zero-order valence-electron chi connectivity index (χ0n) is 9.48. The van der Waals surface area contributed by atoms with Crippen molar-refractivity contribution in [2.24, 2.45) is 5.92 Å². The molecule has 0 aliphatic rings. The highest BCUT2D eigenvalue weighted by Crippen LogP contribution is 2.20. The summed E-state index contributed by atoms with van der Waals surface area (Å²) in [5.41, 5.74) is 0.558. The number of nitrogens with zero attached hydrogens (tertiary/aromatic N) is 2. The van der Waals surface area contributed by atoms with Crippen molar-refractivity contribution in [2.45, 2.75) is 27.2 Å². The van der Waals surface area contributed by atoms with Crippen molar-refractivity contribution in [3.05, 3.63) is 12.0 Å². The standard InChI is InChI=1S/C10H16N2O3/c1-7(2)5-10(13)12(14-4)9-6-11-15-8(9)3/h6-7H,5H2,1-4H3. The number of carbonyl (C=O) groups excluding carboxylic acids is 1. The van der Waals surface area contributed by atoms with Gasteiger partial charge in [-0.05, 0) is 12.8 Å². The molecule has 84 valence electrons. The van der Waals surface area contributed by atoms with Gasteiger partial charge in [0, 0.05) is 6.42 Å². The molecule has 0 saturated heterocycles. The van der Waals surface area contributed by atoms with Crippen molar-refractivity contribution in [3.8, 4) is 0 Å². The zero-order valence-corrected chi connectivity index (χ0v) is 9.48. The molecule has 0 radical (unpaired) electrons. The maximum Gasteiger partial charge on any atom is 0.251 e. The average molecular weight is 212 g/mol. The third-order valence-electron chi connectivity index (χ3n) is 1.94. The van der Waals surface area contributed by atoms with Gasteiger partial charge in [-0.1, -0.05) is 19.0 Å². The summed E-state index contributed by atoms with van der Waals surface area (Å²) in [6, 6.07) is 0. The van der Waals surface area contributed by atoms with Crippen LogP contribution in [0.1, 0.15) is 26.0 Å². The number of aromatic nitrogens is 1.